The van der Waals surface area contributed by atoms with E-state index in [0.717, 1.165) is 112 Å². The predicted octanol–water partition coefficient (Wildman–Crippen LogP) is 6.86. The molecule has 286 valence electrons. The van der Waals surface area contributed by atoms with E-state index >= 15 is 0 Å². The van der Waals surface area contributed by atoms with Gasteiger partial charge in [-0.1, -0.05) is 12.1 Å². The number of ether oxygens (including phenoxy) is 3. The van der Waals surface area contributed by atoms with Crippen molar-refractivity contribution in [1.82, 2.24) is 24.6 Å². The monoisotopic (exact) mass is 737 g/mol. The minimum atomic E-state index is -0.409. The molecule has 2 aromatic heterocycles. The zero-order valence-electron chi connectivity index (χ0n) is 31.7. The normalized spacial score (nSPS) is 19.9. The average molecular weight is 738 g/mol. The topological polar surface area (TPSA) is 114 Å². The Hall–Kier alpha value is -4.65. The second kappa shape index (κ2) is 15.6. The summed E-state index contributed by atoms with van der Waals surface area (Å²) in [6, 6.07) is 13.6. The van der Waals surface area contributed by atoms with Crippen LogP contribution in [0.3, 0.4) is 0 Å². The maximum atomic E-state index is 14.2. The number of aromatic nitrogens is 3. The van der Waals surface area contributed by atoms with Crippen molar-refractivity contribution in [2.45, 2.75) is 77.5 Å². The average Bonchev–Trinajstić information content (AvgIpc) is 3.79. The Kier molecular flexibility index (Phi) is 10.5. The van der Waals surface area contributed by atoms with Crippen molar-refractivity contribution in [3.8, 4) is 11.5 Å². The van der Waals surface area contributed by atoms with Crippen molar-refractivity contribution in [3.05, 3.63) is 83.1 Å². The molecule has 0 radical (unpaired) electrons. The van der Waals surface area contributed by atoms with Crippen LogP contribution in [0.25, 0.3) is 16.6 Å². The Morgan fingerprint density at radius 2 is 1.74 bits per heavy atom. The van der Waals surface area contributed by atoms with E-state index in [1.54, 1.807) is 29.1 Å². The second-order valence-electron chi connectivity index (χ2n) is 15.4. The summed E-state index contributed by atoms with van der Waals surface area (Å²) >= 11 is 0. The van der Waals surface area contributed by atoms with Gasteiger partial charge in [0.15, 0.2) is 11.6 Å². The molecule has 3 aliphatic heterocycles. The molecule has 0 saturated carbocycles. The number of nitrogens with zero attached hydrogens (tertiary/aromatic N) is 5. The minimum absolute atomic E-state index is 0.141. The van der Waals surface area contributed by atoms with Crippen LogP contribution in [0.4, 0.5) is 15.9 Å². The van der Waals surface area contributed by atoms with Gasteiger partial charge < -0.3 is 34.7 Å². The van der Waals surface area contributed by atoms with E-state index in [9.17, 15) is 9.18 Å². The number of H-pyrrole nitrogens is 1. The number of fused-ring (bicyclic) bond motifs is 1. The summed E-state index contributed by atoms with van der Waals surface area (Å²) in [5.74, 6) is 1.38. The number of anilines is 2. The molecule has 3 fully saturated rings. The van der Waals surface area contributed by atoms with Crippen molar-refractivity contribution >= 4 is 33.9 Å². The maximum absolute atomic E-state index is 14.2. The number of halogens is 1. The van der Waals surface area contributed by atoms with E-state index in [1.165, 1.54) is 6.07 Å². The van der Waals surface area contributed by atoms with Crippen molar-refractivity contribution < 1.29 is 23.4 Å². The van der Waals surface area contributed by atoms with Crippen LogP contribution in [-0.2, 0) is 4.74 Å². The molecule has 0 unspecified atom stereocenters. The lowest BCUT2D eigenvalue weighted by atomic mass is 10.0. The van der Waals surface area contributed by atoms with Gasteiger partial charge in [-0.2, -0.15) is 5.10 Å². The molecular weight excluding hydrogens is 686 g/mol. The van der Waals surface area contributed by atoms with Crippen LogP contribution >= 0.6 is 0 Å². The number of hydrogen-bond acceptors (Lipinski definition) is 9. The Labute approximate surface area is 316 Å². The van der Waals surface area contributed by atoms with Gasteiger partial charge in [-0.25, -0.2) is 9.07 Å². The van der Waals surface area contributed by atoms with Gasteiger partial charge >= 0.3 is 0 Å². The lowest BCUT2D eigenvalue weighted by Crippen LogP contribution is -2.49. The molecule has 8 rings (SSSR count). The van der Waals surface area contributed by atoms with Crippen LogP contribution in [0.5, 0.6) is 11.5 Å². The number of nitrogen functional groups attached to an aromatic ring is 1. The third kappa shape index (κ3) is 7.51. The summed E-state index contributed by atoms with van der Waals surface area (Å²) in [5.41, 5.74) is 11.1. The number of allylic oxidation sites excluding steroid dienone is 4. The summed E-state index contributed by atoms with van der Waals surface area (Å²) < 4.78 is 34.2. The molecule has 5 heterocycles. The fourth-order valence-corrected chi connectivity index (χ4v) is 8.47. The molecule has 0 bridgehead atoms. The number of nitrogens with one attached hydrogen (secondary N) is 1. The highest BCUT2D eigenvalue weighted by Gasteiger charge is 2.30. The number of ketones is 1. The minimum Gasteiger partial charge on any atom is -0.488 e. The number of aromatic amines is 1. The number of piperidine rings is 2. The largest absolute Gasteiger partial charge is 0.488 e. The predicted molar refractivity (Wildman–Crippen MR) is 210 cm³/mol. The van der Waals surface area contributed by atoms with Crippen LogP contribution in [0.1, 0.15) is 75.3 Å². The third-order valence-corrected chi connectivity index (χ3v) is 11.6. The number of carbonyl (C=O) groups is 1. The molecule has 2 aromatic carbocycles. The van der Waals surface area contributed by atoms with Gasteiger partial charge in [0, 0.05) is 74.4 Å². The summed E-state index contributed by atoms with van der Waals surface area (Å²) in [5, 5.41) is 5.47. The highest BCUT2D eigenvalue weighted by atomic mass is 19.1. The van der Waals surface area contributed by atoms with Gasteiger partial charge in [0.2, 0.25) is 5.78 Å². The van der Waals surface area contributed by atoms with E-state index in [-0.39, 0.29) is 23.5 Å². The van der Waals surface area contributed by atoms with Gasteiger partial charge in [0.1, 0.15) is 23.4 Å². The van der Waals surface area contributed by atoms with Crippen molar-refractivity contribution in [1.29, 1.82) is 0 Å². The van der Waals surface area contributed by atoms with Crippen molar-refractivity contribution in [3.63, 3.8) is 0 Å². The highest BCUT2D eigenvalue weighted by Crippen LogP contribution is 2.38. The lowest BCUT2D eigenvalue weighted by Gasteiger charge is -2.41. The Balaban J connectivity index is 1.03. The molecule has 3 saturated heterocycles. The lowest BCUT2D eigenvalue weighted by molar-refractivity contribution is 0.0114. The van der Waals surface area contributed by atoms with E-state index in [1.807, 2.05) is 19.1 Å². The molecule has 3 N–H and O–H groups in total. The standard InChI is InChI=1S/C42H52FN7O4/c1-27(2)47-16-12-31(13-17-47)53-40-24-29-23-36(46-35(29)25-38(40)49-14-10-30(11-15-49)48-18-20-52-21-19-48)41(51)33-26-45-50(42(33)44)37-9-8-32(22-28(37)3)54-39-7-5-4-6-34(39)43/h4-7,22-27,30-31,46H,8-21,44H2,1-3H3. The van der Waals surface area contributed by atoms with E-state index in [4.69, 9.17) is 19.9 Å². The number of carbonyl (C=O) groups excluding carboxylic acids is 1. The van der Waals surface area contributed by atoms with Crippen LogP contribution in [0.15, 0.2) is 66.1 Å². The molecule has 4 aliphatic rings. The molecule has 1 aliphatic carbocycles. The zero-order chi connectivity index (χ0) is 37.3. The van der Waals surface area contributed by atoms with E-state index in [2.05, 4.69) is 50.8 Å². The SMILES string of the molecule is CC1=C(n2ncc(C(=O)c3cc4cc(OC5CCN(C(C)C)CC5)c(N5CCC(N6CCOCC6)CC5)cc4[nH]3)c2N)CCC(Oc2ccccc2F)=C1. The van der Waals surface area contributed by atoms with Gasteiger partial charge in [-0.3, -0.25) is 9.69 Å². The quantitative estimate of drug-likeness (QED) is 0.169. The van der Waals surface area contributed by atoms with Crippen LogP contribution in [0.2, 0.25) is 0 Å². The first-order chi connectivity index (χ1) is 26.2. The Morgan fingerprint density at radius 1 is 0.981 bits per heavy atom. The van der Waals surface area contributed by atoms with Gasteiger partial charge in [-0.05, 0) is 94.9 Å². The number of morpholine rings is 1. The number of likely N-dealkylation sites (tertiary alicyclic amines) is 1. The summed E-state index contributed by atoms with van der Waals surface area (Å²) in [4.78, 5) is 25.0. The Morgan fingerprint density at radius 3 is 2.46 bits per heavy atom. The molecule has 54 heavy (non-hydrogen) atoms. The number of rotatable bonds is 10. The summed E-state index contributed by atoms with van der Waals surface area (Å²) in [6.45, 7) is 14.0. The summed E-state index contributed by atoms with van der Waals surface area (Å²) in [7, 11) is 0. The molecule has 4 aromatic rings. The molecular formula is C42H52FN7O4. The number of benzene rings is 2. The van der Waals surface area contributed by atoms with Crippen LogP contribution in [-0.4, -0.2) is 101 Å². The number of para-hydroxylation sites is 1. The van der Waals surface area contributed by atoms with Gasteiger partial charge in [0.25, 0.3) is 0 Å². The molecule has 0 atom stereocenters. The van der Waals surface area contributed by atoms with Crippen LogP contribution < -0.4 is 20.1 Å². The molecule has 0 spiro atoms. The molecule has 12 heteroatoms. The maximum Gasteiger partial charge on any atom is 0.214 e. The fourth-order valence-electron chi connectivity index (χ4n) is 8.47. The third-order valence-electron chi connectivity index (χ3n) is 11.6. The second-order valence-corrected chi connectivity index (χ2v) is 15.4. The molecule has 0 amide bonds. The van der Waals surface area contributed by atoms with Gasteiger partial charge in [-0.15, -0.1) is 0 Å². The Bertz CT molecular complexity index is 2050. The smallest absolute Gasteiger partial charge is 0.214 e. The zero-order valence-corrected chi connectivity index (χ0v) is 31.7. The first-order valence-corrected chi connectivity index (χ1v) is 19.6. The summed E-state index contributed by atoms with van der Waals surface area (Å²) in [6.07, 6.45) is 8.83. The van der Waals surface area contributed by atoms with Crippen molar-refractivity contribution in [2.75, 3.05) is 63.1 Å². The fraction of sp³-hybridized carbons (Fsp3) is 0.476. The molecule has 11 nitrogen and oxygen atoms in total. The van der Waals surface area contributed by atoms with Crippen molar-refractivity contribution in [2.24, 2.45) is 0 Å². The van der Waals surface area contributed by atoms with Gasteiger partial charge in [0.05, 0.1) is 36.4 Å². The number of hydrogen-bond donors (Lipinski definition) is 2. The first-order valence-electron chi connectivity index (χ1n) is 19.6. The van der Waals surface area contributed by atoms with Crippen LogP contribution in [0, 0.1) is 5.82 Å². The highest BCUT2D eigenvalue weighted by molar-refractivity contribution is 6.13. The van der Waals surface area contributed by atoms with E-state index in [0.29, 0.717) is 41.9 Å². The number of nitrogens with two attached hydrogens (primary N) is 1. The first kappa shape index (κ1) is 36.3. The van der Waals surface area contributed by atoms with E-state index < -0.39 is 5.82 Å².